The summed E-state index contributed by atoms with van der Waals surface area (Å²) < 4.78 is 0. The van der Waals surface area contributed by atoms with Gasteiger partial charge in [0.05, 0.1) is 0 Å². The van der Waals surface area contributed by atoms with Crippen molar-refractivity contribution >= 4 is 23.5 Å². The van der Waals surface area contributed by atoms with Crippen LogP contribution < -0.4 is 5.32 Å². The zero-order valence-corrected chi connectivity index (χ0v) is 9.57. The zero-order chi connectivity index (χ0) is 12.0. The second-order valence-corrected chi connectivity index (χ2v) is 3.47. The maximum absolute atomic E-state index is 11.4. The Balaban J connectivity index is 2.49. The van der Waals surface area contributed by atoms with Crippen LogP contribution in [-0.2, 0) is 11.3 Å². The van der Waals surface area contributed by atoms with Crippen molar-refractivity contribution in [1.82, 2.24) is 15.2 Å². The molecule has 0 saturated heterocycles. The lowest BCUT2D eigenvalue weighted by atomic mass is 10.2. The molecule has 0 aliphatic rings. The Kier molecular flexibility index (Phi) is 4.72. The maximum Gasteiger partial charge on any atom is 0.324 e. The van der Waals surface area contributed by atoms with E-state index in [4.69, 9.17) is 11.6 Å². The van der Waals surface area contributed by atoms with Crippen molar-refractivity contribution in [3.8, 4) is 0 Å². The molecule has 0 atom stereocenters. The van der Waals surface area contributed by atoms with Gasteiger partial charge >= 0.3 is 6.03 Å². The molecule has 0 spiro atoms. The number of nitrogens with zero attached hydrogens (tertiary/aromatic N) is 2. The van der Waals surface area contributed by atoms with Crippen LogP contribution in [0, 0.1) is 0 Å². The third kappa shape index (κ3) is 3.86. The van der Waals surface area contributed by atoms with E-state index in [1.165, 1.54) is 4.90 Å². The summed E-state index contributed by atoms with van der Waals surface area (Å²) in [5, 5.41) is 2.15. The molecule has 16 heavy (non-hydrogen) atoms. The fourth-order valence-corrected chi connectivity index (χ4v) is 1.15. The number of halogens is 1. The number of rotatable bonds is 3. The number of imide groups is 1. The van der Waals surface area contributed by atoms with Gasteiger partial charge in [0.15, 0.2) is 0 Å². The minimum Gasteiger partial charge on any atom is -0.323 e. The average molecular weight is 242 g/mol. The van der Waals surface area contributed by atoms with E-state index in [2.05, 4.69) is 10.3 Å². The van der Waals surface area contributed by atoms with Crippen molar-refractivity contribution in [2.24, 2.45) is 0 Å². The SMILES string of the molecule is CN(Cc1ccncc1)C(=O)NC(=O)CCl. The number of hydrogen-bond donors (Lipinski definition) is 1. The van der Waals surface area contributed by atoms with E-state index in [1.54, 1.807) is 31.6 Å². The van der Waals surface area contributed by atoms with Crippen LogP contribution in [0.3, 0.4) is 0 Å². The standard InChI is InChI=1S/C10H12ClN3O2/c1-14(10(16)13-9(15)6-11)7-8-2-4-12-5-3-8/h2-5H,6-7H2,1H3,(H,13,15,16). The van der Waals surface area contributed by atoms with E-state index in [-0.39, 0.29) is 5.88 Å². The van der Waals surface area contributed by atoms with E-state index in [1.807, 2.05) is 0 Å². The highest BCUT2D eigenvalue weighted by Gasteiger charge is 2.11. The Hall–Kier alpha value is -1.62. The second kappa shape index (κ2) is 6.07. The van der Waals surface area contributed by atoms with Crippen molar-refractivity contribution in [1.29, 1.82) is 0 Å². The van der Waals surface area contributed by atoms with Crippen LogP contribution in [0.2, 0.25) is 0 Å². The molecule has 86 valence electrons. The molecule has 0 bridgehead atoms. The first-order valence-electron chi connectivity index (χ1n) is 4.63. The number of aromatic nitrogens is 1. The molecule has 1 rings (SSSR count). The minimum absolute atomic E-state index is 0.227. The highest BCUT2D eigenvalue weighted by atomic mass is 35.5. The lowest BCUT2D eigenvalue weighted by Gasteiger charge is -2.16. The first-order chi connectivity index (χ1) is 7.63. The van der Waals surface area contributed by atoms with Crippen LogP contribution in [-0.4, -0.2) is 34.7 Å². The van der Waals surface area contributed by atoms with E-state index in [0.717, 1.165) is 5.56 Å². The Morgan fingerprint density at radius 3 is 2.62 bits per heavy atom. The molecular formula is C10H12ClN3O2. The minimum atomic E-state index is -0.506. The lowest BCUT2D eigenvalue weighted by Crippen LogP contribution is -2.40. The number of nitrogens with one attached hydrogen (secondary N) is 1. The molecule has 5 nitrogen and oxygen atoms in total. The number of alkyl halides is 1. The maximum atomic E-state index is 11.4. The van der Waals surface area contributed by atoms with E-state index < -0.39 is 11.9 Å². The Bertz CT molecular complexity index is 370. The van der Waals surface area contributed by atoms with Gasteiger partial charge in [-0.05, 0) is 17.7 Å². The summed E-state index contributed by atoms with van der Waals surface area (Å²) in [6.07, 6.45) is 3.29. The van der Waals surface area contributed by atoms with Crippen LogP contribution in [0.25, 0.3) is 0 Å². The van der Waals surface area contributed by atoms with E-state index >= 15 is 0 Å². The fourth-order valence-electron chi connectivity index (χ4n) is 1.08. The fraction of sp³-hybridized carbons (Fsp3) is 0.300. The summed E-state index contributed by atoms with van der Waals surface area (Å²) in [5.74, 6) is -0.734. The first-order valence-corrected chi connectivity index (χ1v) is 5.16. The number of carbonyl (C=O) groups is 2. The van der Waals surface area contributed by atoms with Crippen molar-refractivity contribution in [3.05, 3.63) is 30.1 Å². The Labute approximate surface area is 98.4 Å². The predicted octanol–water partition coefficient (Wildman–Crippen LogP) is 0.988. The van der Waals surface area contributed by atoms with Crippen LogP contribution >= 0.6 is 11.6 Å². The number of carbonyl (C=O) groups excluding carboxylic acids is 2. The second-order valence-electron chi connectivity index (χ2n) is 3.20. The molecule has 0 saturated carbocycles. The summed E-state index contributed by atoms with van der Waals surface area (Å²) in [7, 11) is 1.59. The van der Waals surface area contributed by atoms with Crippen molar-refractivity contribution in [2.45, 2.75) is 6.54 Å². The van der Waals surface area contributed by atoms with Gasteiger partial charge in [-0.3, -0.25) is 15.1 Å². The summed E-state index contributed by atoms with van der Waals surface area (Å²) in [5.41, 5.74) is 0.936. The zero-order valence-electron chi connectivity index (χ0n) is 8.81. The van der Waals surface area contributed by atoms with E-state index in [9.17, 15) is 9.59 Å². The summed E-state index contributed by atoms with van der Waals surface area (Å²) in [6.45, 7) is 0.407. The quantitative estimate of drug-likeness (QED) is 0.803. The number of amides is 3. The predicted molar refractivity (Wildman–Crippen MR) is 60.0 cm³/mol. The lowest BCUT2D eigenvalue weighted by molar-refractivity contribution is -0.117. The largest absolute Gasteiger partial charge is 0.324 e. The molecule has 3 amide bonds. The molecule has 0 fully saturated rings. The molecule has 1 N–H and O–H groups in total. The number of urea groups is 1. The van der Waals surface area contributed by atoms with Gasteiger partial charge in [-0.1, -0.05) is 0 Å². The van der Waals surface area contributed by atoms with Gasteiger partial charge < -0.3 is 4.90 Å². The molecule has 0 radical (unpaired) electrons. The van der Waals surface area contributed by atoms with Gasteiger partial charge in [-0.25, -0.2) is 4.79 Å². The van der Waals surface area contributed by atoms with Crippen LogP contribution in [0.1, 0.15) is 5.56 Å². The van der Waals surface area contributed by atoms with Gasteiger partial charge in [-0.2, -0.15) is 0 Å². The van der Waals surface area contributed by atoms with Gasteiger partial charge in [-0.15, -0.1) is 11.6 Å². The summed E-state index contributed by atoms with van der Waals surface area (Å²) >= 11 is 5.27. The molecule has 0 aliphatic carbocycles. The van der Waals surface area contributed by atoms with Crippen LogP contribution in [0.15, 0.2) is 24.5 Å². The molecule has 1 aromatic rings. The van der Waals surface area contributed by atoms with Crippen LogP contribution in [0.4, 0.5) is 4.79 Å². The topological polar surface area (TPSA) is 62.3 Å². The highest BCUT2D eigenvalue weighted by Crippen LogP contribution is 2.00. The normalized spacial score (nSPS) is 9.62. The summed E-state index contributed by atoms with van der Waals surface area (Å²) in [6, 6.07) is 3.13. The molecule has 6 heteroatoms. The van der Waals surface area contributed by atoms with Crippen molar-refractivity contribution < 1.29 is 9.59 Å². The monoisotopic (exact) mass is 241 g/mol. The van der Waals surface area contributed by atoms with Gasteiger partial charge in [0.25, 0.3) is 0 Å². The molecular weight excluding hydrogens is 230 g/mol. The highest BCUT2D eigenvalue weighted by molar-refractivity contribution is 6.28. The molecule has 0 aliphatic heterocycles. The van der Waals surface area contributed by atoms with Gasteiger partial charge in [0.2, 0.25) is 5.91 Å². The third-order valence-electron chi connectivity index (χ3n) is 1.88. The van der Waals surface area contributed by atoms with Crippen molar-refractivity contribution in [3.63, 3.8) is 0 Å². The van der Waals surface area contributed by atoms with Crippen molar-refractivity contribution in [2.75, 3.05) is 12.9 Å². The number of hydrogen-bond acceptors (Lipinski definition) is 3. The average Bonchev–Trinajstić information content (AvgIpc) is 2.30. The van der Waals surface area contributed by atoms with E-state index in [0.29, 0.717) is 6.54 Å². The Morgan fingerprint density at radius 2 is 2.06 bits per heavy atom. The third-order valence-corrected chi connectivity index (χ3v) is 2.13. The smallest absolute Gasteiger partial charge is 0.323 e. The molecule has 1 heterocycles. The molecule has 1 aromatic heterocycles. The van der Waals surface area contributed by atoms with Gasteiger partial charge in [0.1, 0.15) is 5.88 Å². The first kappa shape index (κ1) is 12.4. The van der Waals surface area contributed by atoms with Crippen LogP contribution in [0.5, 0.6) is 0 Å². The summed E-state index contributed by atoms with van der Waals surface area (Å²) in [4.78, 5) is 27.6. The molecule has 0 aromatic carbocycles. The Morgan fingerprint density at radius 1 is 1.44 bits per heavy atom. The number of pyridine rings is 1. The van der Waals surface area contributed by atoms with Gasteiger partial charge in [0, 0.05) is 26.0 Å². The molecule has 0 unspecified atom stereocenters.